The summed E-state index contributed by atoms with van der Waals surface area (Å²) in [5.41, 5.74) is 13.8. The van der Waals surface area contributed by atoms with Gasteiger partial charge in [-0.05, 0) is 118 Å². The van der Waals surface area contributed by atoms with Crippen molar-refractivity contribution in [2.75, 3.05) is 4.90 Å². The number of furan rings is 1. The molecule has 0 saturated heterocycles. The average molecular weight is 684 g/mol. The summed E-state index contributed by atoms with van der Waals surface area (Å²) in [6.07, 6.45) is 6.85. The largest absolute Gasteiger partial charge is 0.456 e. The van der Waals surface area contributed by atoms with Crippen molar-refractivity contribution < 1.29 is 4.42 Å². The second-order valence-corrected chi connectivity index (χ2v) is 15.0. The van der Waals surface area contributed by atoms with E-state index in [1.807, 2.05) is 11.3 Å². The van der Waals surface area contributed by atoms with Crippen LogP contribution in [0.1, 0.15) is 39.1 Å². The molecule has 3 heteroatoms. The van der Waals surface area contributed by atoms with E-state index in [1.54, 1.807) is 0 Å². The minimum atomic E-state index is -0.461. The van der Waals surface area contributed by atoms with E-state index < -0.39 is 5.41 Å². The minimum absolute atomic E-state index is 0.461. The zero-order valence-corrected chi connectivity index (χ0v) is 29.2. The van der Waals surface area contributed by atoms with Gasteiger partial charge < -0.3 is 9.32 Å². The van der Waals surface area contributed by atoms with Crippen molar-refractivity contribution >= 4 is 66.5 Å². The molecule has 0 aliphatic heterocycles. The molecule has 0 unspecified atom stereocenters. The molecule has 0 N–H and O–H groups in total. The predicted octanol–water partition coefficient (Wildman–Crippen LogP) is 13.6. The molecule has 0 spiro atoms. The van der Waals surface area contributed by atoms with Crippen LogP contribution in [-0.2, 0) is 11.8 Å². The van der Waals surface area contributed by atoms with Crippen LogP contribution in [0.4, 0.5) is 17.1 Å². The van der Waals surface area contributed by atoms with Crippen LogP contribution in [0.3, 0.4) is 0 Å². The number of aryl methyl sites for hydroxylation is 1. The molecular formula is C49H33NOS. The van der Waals surface area contributed by atoms with Gasteiger partial charge in [-0.15, -0.1) is 11.3 Å². The molecule has 0 bridgehead atoms. The molecule has 52 heavy (non-hydrogen) atoms. The Bertz CT molecular complexity index is 2780. The lowest BCUT2D eigenvalue weighted by Gasteiger charge is -2.34. The van der Waals surface area contributed by atoms with Crippen LogP contribution < -0.4 is 4.90 Å². The highest BCUT2D eigenvalue weighted by atomic mass is 32.1. The van der Waals surface area contributed by atoms with E-state index >= 15 is 0 Å². The van der Waals surface area contributed by atoms with Gasteiger partial charge >= 0.3 is 0 Å². The Hall–Kier alpha value is -6.16. The lowest BCUT2D eigenvalue weighted by atomic mass is 9.67. The van der Waals surface area contributed by atoms with E-state index in [1.165, 1.54) is 70.4 Å². The molecule has 246 valence electrons. The Balaban J connectivity index is 1.03. The summed E-state index contributed by atoms with van der Waals surface area (Å²) >= 11 is 1.91. The van der Waals surface area contributed by atoms with E-state index in [0.717, 1.165) is 35.4 Å². The summed E-state index contributed by atoms with van der Waals surface area (Å²) in [7, 11) is 0. The number of thiophene rings is 1. The molecule has 0 saturated carbocycles. The van der Waals surface area contributed by atoms with Gasteiger partial charge in [0, 0.05) is 37.4 Å². The summed E-state index contributed by atoms with van der Waals surface area (Å²) in [5.74, 6) is 0. The number of para-hydroxylation sites is 1. The van der Waals surface area contributed by atoms with E-state index in [9.17, 15) is 0 Å². The maximum atomic E-state index is 6.36. The van der Waals surface area contributed by atoms with Gasteiger partial charge in [-0.25, -0.2) is 0 Å². The van der Waals surface area contributed by atoms with Gasteiger partial charge in [0.15, 0.2) is 0 Å². The maximum Gasteiger partial charge on any atom is 0.135 e. The topological polar surface area (TPSA) is 16.4 Å². The monoisotopic (exact) mass is 683 g/mol. The summed E-state index contributed by atoms with van der Waals surface area (Å²) in [5, 5.41) is 3.85. The van der Waals surface area contributed by atoms with E-state index in [2.05, 4.69) is 181 Å². The summed E-state index contributed by atoms with van der Waals surface area (Å²) < 4.78 is 7.70. The van der Waals surface area contributed by atoms with Crippen molar-refractivity contribution in [2.24, 2.45) is 0 Å². The Morgan fingerprint density at radius 3 is 1.94 bits per heavy atom. The van der Waals surface area contributed by atoms with Crippen molar-refractivity contribution in [3.63, 3.8) is 0 Å². The molecule has 2 aliphatic rings. The normalized spacial score (nSPS) is 14.1. The zero-order valence-electron chi connectivity index (χ0n) is 28.4. The van der Waals surface area contributed by atoms with Crippen molar-refractivity contribution in [3.05, 3.63) is 203 Å². The summed E-state index contributed by atoms with van der Waals surface area (Å²) in [6.45, 7) is 0. The summed E-state index contributed by atoms with van der Waals surface area (Å²) in [6, 6.07) is 60.0. The highest BCUT2D eigenvalue weighted by Crippen LogP contribution is 2.57. The first-order chi connectivity index (χ1) is 25.8. The SMILES string of the molecule is C1=Cc2sc3cc(N(c4ccccc4)c4ccc(-c5cccc(C6(c7ccccc7)c7cccc8oc9cccc6c9c78)c5)cc4)ccc3c2CC1. The second-order valence-electron chi connectivity index (χ2n) is 13.9. The number of hydrogen-bond donors (Lipinski definition) is 0. The van der Waals surface area contributed by atoms with Gasteiger partial charge in [0.25, 0.3) is 0 Å². The smallest absolute Gasteiger partial charge is 0.135 e. The Morgan fingerprint density at radius 2 is 1.19 bits per heavy atom. The van der Waals surface area contributed by atoms with Crippen molar-refractivity contribution in [1.29, 1.82) is 0 Å². The number of rotatable bonds is 6. The van der Waals surface area contributed by atoms with Crippen LogP contribution in [0.2, 0.25) is 0 Å². The van der Waals surface area contributed by atoms with E-state index in [-0.39, 0.29) is 0 Å². The van der Waals surface area contributed by atoms with Gasteiger partial charge in [0.1, 0.15) is 11.2 Å². The molecule has 2 nitrogen and oxygen atoms in total. The molecule has 0 atom stereocenters. The third-order valence-corrected chi connectivity index (χ3v) is 12.4. The lowest BCUT2D eigenvalue weighted by Crippen LogP contribution is -2.28. The zero-order chi connectivity index (χ0) is 34.2. The predicted molar refractivity (Wildman–Crippen MR) is 218 cm³/mol. The Labute approximate surface area is 306 Å². The van der Waals surface area contributed by atoms with Crippen LogP contribution in [0.25, 0.3) is 49.2 Å². The van der Waals surface area contributed by atoms with Gasteiger partial charge in [-0.2, -0.15) is 0 Å². The standard InChI is InChI=1S/C49H33NOS/c1-3-13-34(14-4-1)49(41-19-10-21-43-47(41)48-42(49)20-11-22-44(48)51-43)35-15-9-12-33(30-35)32-24-26-37(27-25-32)50(36-16-5-2-6-17-36)38-28-29-40-39-18-7-8-23-45(39)52-46(40)31-38/h1-6,8-17,19-31H,7,18H2. The molecule has 0 amide bonds. The van der Waals surface area contributed by atoms with Crippen LogP contribution >= 0.6 is 11.3 Å². The van der Waals surface area contributed by atoms with Gasteiger partial charge in [0.05, 0.1) is 5.41 Å². The van der Waals surface area contributed by atoms with Crippen LogP contribution in [0.15, 0.2) is 174 Å². The molecular weight excluding hydrogens is 651 g/mol. The van der Waals surface area contributed by atoms with E-state index in [0.29, 0.717) is 0 Å². The Kier molecular flexibility index (Phi) is 6.50. The number of hydrogen-bond acceptors (Lipinski definition) is 3. The molecule has 2 aliphatic carbocycles. The number of fused-ring (bicyclic) bond motifs is 3. The van der Waals surface area contributed by atoms with Gasteiger partial charge in [-0.1, -0.05) is 115 Å². The number of anilines is 3. The van der Waals surface area contributed by atoms with Crippen molar-refractivity contribution in [1.82, 2.24) is 0 Å². The van der Waals surface area contributed by atoms with Crippen LogP contribution in [-0.4, -0.2) is 0 Å². The lowest BCUT2D eigenvalue weighted by molar-refractivity contribution is 0.663. The second kappa shape index (κ2) is 11.4. The van der Waals surface area contributed by atoms with Gasteiger partial charge in [0.2, 0.25) is 0 Å². The quantitative estimate of drug-likeness (QED) is 0.173. The maximum absolute atomic E-state index is 6.36. The molecule has 0 radical (unpaired) electrons. The fraction of sp³-hybridized carbons (Fsp3) is 0.0612. The summed E-state index contributed by atoms with van der Waals surface area (Å²) in [4.78, 5) is 3.78. The first kappa shape index (κ1) is 29.6. The number of benzene rings is 7. The van der Waals surface area contributed by atoms with Crippen LogP contribution in [0.5, 0.6) is 0 Å². The van der Waals surface area contributed by atoms with Gasteiger partial charge in [-0.3, -0.25) is 0 Å². The molecule has 7 aromatic carbocycles. The highest BCUT2D eigenvalue weighted by molar-refractivity contribution is 7.20. The fourth-order valence-corrected chi connectivity index (χ4v) is 10.2. The fourth-order valence-electron chi connectivity index (χ4n) is 8.98. The first-order valence-corrected chi connectivity index (χ1v) is 18.9. The third kappa shape index (κ3) is 4.23. The van der Waals surface area contributed by atoms with E-state index in [4.69, 9.17) is 4.42 Å². The molecule has 2 aromatic heterocycles. The molecule has 2 heterocycles. The average Bonchev–Trinajstić information content (AvgIpc) is 3.88. The highest BCUT2D eigenvalue weighted by Gasteiger charge is 2.46. The number of allylic oxidation sites excluding steroid dienone is 1. The molecule has 11 rings (SSSR count). The molecule has 9 aromatic rings. The number of nitrogens with zero attached hydrogens (tertiary/aromatic N) is 1. The van der Waals surface area contributed by atoms with Crippen LogP contribution in [0, 0.1) is 0 Å². The third-order valence-electron chi connectivity index (χ3n) is 11.2. The van der Waals surface area contributed by atoms with Crippen molar-refractivity contribution in [2.45, 2.75) is 18.3 Å². The molecule has 0 fully saturated rings. The minimum Gasteiger partial charge on any atom is -0.456 e. The van der Waals surface area contributed by atoms with Crippen molar-refractivity contribution in [3.8, 4) is 11.1 Å². The Morgan fingerprint density at radius 1 is 0.538 bits per heavy atom. The first-order valence-electron chi connectivity index (χ1n) is 18.1.